The second kappa shape index (κ2) is 6.78. The molecular formula is C29H18N2S. The number of pyridine rings is 1. The van der Waals surface area contributed by atoms with Crippen molar-refractivity contribution in [3.8, 4) is 16.8 Å². The average molecular weight is 427 g/mol. The minimum absolute atomic E-state index is 1.10. The highest BCUT2D eigenvalue weighted by atomic mass is 32.1. The van der Waals surface area contributed by atoms with Crippen LogP contribution in [0.25, 0.3) is 58.9 Å². The molecule has 0 radical (unpaired) electrons. The smallest absolute Gasteiger partial charge is 0.124 e. The van der Waals surface area contributed by atoms with Gasteiger partial charge in [0.15, 0.2) is 0 Å². The van der Waals surface area contributed by atoms with E-state index in [-0.39, 0.29) is 0 Å². The topological polar surface area (TPSA) is 17.8 Å². The van der Waals surface area contributed by atoms with Crippen molar-refractivity contribution < 1.29 is 0 Å². The first-order valence-corrected chi connectivity index (χ1v) is 11.5. The number of nitrogens with zero attached hydrogens (tertiary/aromatic N) is 2. The summed E-state index contributed by atoms with van der Waals surface area (Å²) >= 11 is 1.76. The van der Waals surface area contributed by atoms with Gasteiger partial charge in [0.05, 0.1) is 11.0 Å². The van der Waals surface area contributed by atoms with Crippen LogP contribution in [0.3, 0.4) is 0 Å². The van der Waals surface area contributed by atoms with E-state index >= 15 is 0 Å². The molecule has 0 aliphatic heterocycles. The van der Waals surface area contributed by atoms with Crippen LogP contribution in [-0.2, 0) is 0 Å². The van der Waals surface area contributed by atoms with E-state index in [0.29, 0.717) is 0 Å². The Bertz CT molecular complexity index is 1770. The molecule has 3 heteroatoms. The van der Waals surface area contributed by atoms with E-state index in [9.17, 15) is 0 Å². The molecule has 0 spiro atoms. The largest absolute Gasteiger partial charge is 0.309 e. The van der Waals surface area contributed by atoms with E-state index < -0.39 is 0 Å². The van der Waals surface area contributed by atoms with E-state index in [4.69, 9.17) is 0 Å². The van der Waals surface area contributed by atoms with Crippen LogP contribution in [-0.4, -0.2) is 9.55 Å². The molecule has 0 saturated carbocycles. The lowest BCUT2D eigenvalue weighted by atomic mass is 10.0. The van der Waals surface area contributed by atoms with E-state index in [1.54, 1.807) is 11.3 Å². The molecule has 32 heavy (non-hydrogen) atoms. The molecule has 0 unspecified atom stereocenters. The van der Waals surface area contributed by atoms with Crippen LogP contribution >= 0.6 is 11.3 Å². The van der Waals surface area contributed by atoms with Crippen molar-refractivity contribution in [3.63, 3.8) is 0 Å². The maximum atomic E-state index is 4.55. The molecule has 7 rings (SSSR count). The Kier molecular flexibility index (Phi) is 3.75. The number of fused-ring (bicyclic) bond motifs is 6. The molecule has 2 nitrogen and oxygen atoms in total. The van der Waals surface area contributed by atoms with Crippen molar-refractivity contribution in [2.45, 2.75) is 0 Å². The van der Waals surface area contributed by atoms with Crippen molar-refractivity contribution in [1.82, 2.24) is 9.55 Å². The lowest BCUT2D eigenvalue weighted by Gasteiger charge is -2.09. The summed E-state index contributed by atoms with van der Waals surface area (Å²) in [6, 6.07) is 37.1. The third-order valence-corrected chi connectivity index (χ3v) is 7.35. The lowest BCUT2D eigenvalue weighted by molar-refractivity contribution is 1.18. The first-order chi connectivity index (χ1) is 15.9. The molecule has 0 saturated heterocycles. The summed E-state index contributed by atoms with van der Waals surface area (Å²) in [5, 5.41) is 5.07. The minimum atomic E-state index is 1.10. The van der Waals surface area contributed by atoms with Crippen LogP contribution in [0, 0.1) is 0 Å². The first-order valence-electron chi connectivity index (χ1n) is 10.7. The van der Waals surface area contributed by atoms with Crippen molar-refractivity contribution in [1.29, 1.82) is 0 Å². The summed E-state index contributed by atoms with van der Waals surface area (Å²) in [4.78, 5) is 5.64. The van der Waals surface area contributed by atoms with Gasteiger partial charge in [-0.1, -0.05) is 60.7 Å². The number of hydrogen-bond acceptors (Lipinski definition) is 2. The van der Waals surface area contributed by atoms with E-state index in [0.717, 1.165) is 4.83 Å². The number of hydrogen-bond donors (Lipinski definition) is 0. The highest BCUT2D eigenvalue weighted by Crippen LogP contribution is 2.38. The van der Waals surface area contributed by atoms with Gasteiger partial charge in [-0.05, 0) is 53.6 Å². The van der Waals surface area contributed by atoms with Crippen LogP contribution in [0.1, 0.15) is 0 Å². The van der Waals surface area contributed by atoms with Crippen molar-refractivity contribution >= 4 is 53.4 Å². The Hall–Kier alpha value is -3.95. The van der Waals surface area contributed by atoms with Crippen LogP contribution in [0.2, 0.25) is 0 Å². The standard InChI is InChI=1S/C29H18N2S/c1-2-7-21(8-3-1)31-26-11-5-4-9-22(26)23-14-12-19(17-27(23)31)20-13-15-24-25-10-6-16-30-29(25)32-28(24)18-20/h1-18H. The minimum Gasteiger partial charge on any atom is -0.309 e. The predicted molar refractivity (Wildman–Crippen MR) is 137 cm³/mol. The summed E-state index contributed by atoms with van der Waals surface area (Å²) in [6.45, 7) is 0. The van der Waals surface area contributed by atoms with Gasteiger partial charge in [-0.3, -0.25) is 0 Å². The molecule has 3 aromatic heterocycles. The van der Waals surface area contributed by atoms with E-state index in [2.05, 4.69) is 107 Å². The quantitative estimate of drug-likeness (QED) is 0.272. The normalized spacial score (nSPS) is 11.8. The third kappa shape index (κ3) is 2.55. The fourth-order valence-corrected chi connectivity index (χ4v) is 5.88. The summed E-state index contributed by atoms with van der Waals surface area (Å²) in [5.41, 5.74) is 6.10. The molecule has 0 aliphatic rings. The molecule has 0 bridgehead atoms. The van der Waals surface area contributed by atoms with Gasteiger partial charge in [-0.2, -0.15) is 0 Å². The molecule has 0 amide bonds. The molecule has 150 valence electrons. The molecule has 4 aromatic carbocycles. The fourth-order valence-electron chi connectivity index (χ4n) is 4.80. The van der Waals surface area contributed by atoms with Gasteiger partial charge in [0.2, 0.25) is 0 Å². The monoisotopic (exact) mass is 426 g/mol. The Morgan fingerprint density at radius 3 is 2.19 bits per heavy atom. The number of rotatable bonds is 2. The predicted octanol–water partition coefficient (Wildman–Crippen LogP) is 8.21. The molecule has 7 aromatic rings. The summed E-state index contributed by atoms with van der Waals surface area (Å²) in [5.74, 6) is 0. The SMILES string of the molecule is c1ccc(-n2c3ccccc3c3ccc(-c4ccc5c(c4)sc4ncccc45)cc32)cc1. The van der Waals surface area contributed by atoms with Crippen LogP contribution in [0.5, 0.6) is 0 Å². The van der Waals surface area contributed by atoms with Crippen LogP contribution < -0.4 is 0 Å². The van der Waals surface area contributed by atoms with Gasteiger partial charge in [0, 0.05) is 38.1 Å². The Morgan fingerprint density at radius 2 is 1.28 bits per heavy atom. The van der Waals surface area contributed by atoms with E-state index in [1.165, 1.54) is 54.1 Å². The van der Waals surface area contributed by atoms with E-state index in [1.807, 2.05) is 12.3 Å². The van der Waals surface area contributed by atoms with Gasteiger partial charge in [0.25, 0.3) is 0 Å². The molecular weight excluding hydrogens is 408 g/mol. The maximum absolute atomic E-state index is 4.55. The third-order valence-electron chi connectivity index (χ3n) is 6.27. The van der Waals surface area contributed by atoms with Gasteiger partial charge in [-0.25, -0.2) is 4.98 Å². The fraction of sp³-hybridized carbons (Fsp3) is 0. The zero-order chi connectivity index (χ0) is 21.1. The highest BCUT2D eigenvalue weighted by Gasteiger charge is 2.13. The maximum Gasteiger partial charge on any atom is 0.124 e. The first kappa shape index (κ1) is 17.7. The second-order valence-corrected chi connectivity index (χ2v) is 9.12. The van der Waals surface area contributed by atoms with Gasteiger partial charge in [0.1, 0.15) is 4.83 Å². The zero-order valence-electron chi connectivity index (χ0n) is 17.2. The van der Waals surface area contributed by atoms with Gasteiger partial charge >= 0.3 is 0 Å². The molecule has 0 fully saturated rings. The number of thiophene rings is 1. The summed E-state index contributed by atoms with van der Waals surface area (Å²) in [6.07, 6.45) is 1.87. The number of benzene rings is 4. The molecule has 0 aliphatic carbocycles. The van der Waals surface area contributed by atoms with Gasteiger partial charge in [-0.15, -0.1) is 11.3 Å². The van der Waals surface area contributed by atoms with Crippen LogP contribution in [0.4, 0.5) is 0 Å². The van der Waals surface area contributed by atoms with Crippen LogP contribution in [0.15, 0.2) is 109 Å². The molecule has 0 N–H and O–H groups in total. The summed E-state index contributed by atoms with van der Waals surface area (Å²) in [7, 11) is 0. The van der Waals surface area contributed by atoms with Gasteiger partial charge < -0.3 is 4.57 Å². The van der Waals surface area contributed by atoms with Crippen molar-refractivity contribution in [2.24, 2.45) is 0 Å². The number of aromatic nitrogens is 2. The second-order valence-electron chi connectivity index (χ2n) is 8.09. The Morgan fingerprint density at radius 1 is 0.562 bits per heavy atom. The molecule has 0 atom stereocenters. The zero-order valence-corrected chi connectivity index (χ0v) is 18.0. The molecule has 3 heterocycles. The van der Waals surface area contributed by atoms with Crippen molar-refractivity contribution in [2.75, 3.05) is 0 Å². The number of para-hydroxylation sites is 2. The van der Waals surface area contributed by atoms with Crippen molar-refractivity contribution in [3.05, 3.63) is 109 Å². The Labute approximate surface area is 189 Å². The summed E-state index contributed by atoms with van der Waals surface area (Å²) < 4.78 is 3.65. The average Bonchev–Trinajstić information content (AvgIpc) is 3.39. The Balaban J connectivity index is 1.49. The lowest BCUT2D eigenvalue weighted by Crippen LogP contribution is -1.93. The highest BCUT2D eigenvalue weighted by molar-refractivity contribution is 7.25.